The van der Waals surface area contributed by atoms with Crippen LogP contribution in [-0.2, 0) is 10.1 Å². The monoisotopic (exact) mass is 220 g/mol. The molecule has 1 atom stereocenters. The van der Waals surface area contributed by atoms with Crippen LogP contribution in [0.25, 0.3) is 0 Å². The minimum atomic E-state index is -4.33. The number of aliphatic hydroxyl groups excluding tert-OH is 1. The molecule has 1 fully saturated rings. The van der Waals surface area contributed by atoms with Gasteiger partial charge in [0.1, 0.15) is 0 Å². The smallest absolute Gasteiger partial charge is 0.295 e. The zero-order chi connectivity index (χ0) is 10.6. The van der Waals surface area contributed by atoms with Crippen molar-refractivity contribution in [2.75, 3.05) is 0 Å². The zero-order valence-electron chi connectivity index (χ0n) is 7.96. The van der Waals surface area contributed by atoms with E-state index < -0.39 is 15.6 Å². The molecular weight excluding hydrogens is 204 g/mol. The molecule has 0 aromatic rings. The molecular formula is C9H16O4S. The van der Waals surface area contributed by atoms with Crippen LogP contribution in [0.15, 0.2) is 12.2 Å². The molecule has 2 N–H and O–H groups in total. The largest absolute Gasteiger partial charge is 0.372 e. The summed E-state index contributed by atoms with van der Waals surface area (Å²) in [4.78, 5) is 0. The van der Waals surface area contributed by atoms with Crippen molar-refractivity contribution in [3.8, 4) is 0 Å². The SMILES string of the molecule is O=S(=O)(O)C(O)C=CC1CCCCC1. The van der Waals surface area contributed by atoms with Crippen LogP contribution >= 0.6 is 0 Å². The summed E-state index contributed by atoms with van der Waals surface area (Å²) in [5.74, 6) is 0.347. The summed E-state index contributed by atoms with van der Waals surface area (Å²) >= 11 is 0. The molecule has 0 aromatic carbocycles. The van der Waals surface area contributed by atoms with E-state index in [-0.39, 0.29) is 0 Å². The molecule has 1 saturated carbocycles. The molecule has 0 bridgehead atoms. The predicted octanol–water partition coefficient (Wildman–Crippen LogP) is 1.33. The van der Waals surface area contributed by atoms with Crippen molar-refractivity contribution in [3.63, 3.8) is 0 Å². The van der Waals surface area contributed by atoms with Crippen molar-refractivity contribution in [3.05, 3.63) is 12.2 Å². The van der Waals surface area contributed by atoms with Gasteiger partial charge in [-0.2, -0.15) is 8.42 Å². The van der Waals surface area contributed by atoms with E-state index in [4.69, 9.17) is 9.66 Å². The Morgan fingerprint density at radius 3 is 2.29 bits per heavy atom. The second-order valence-electron chi connectivity index (χ2n) is 3.69. The van der Waals surface area contributed by atoms with E-state index in [1.54, 1.807) is 6.08 Å². The van der Waals surface area contributed by atoms with Crippen LogP contribution in [0.5, 0.6) is 0 Å². The van der Waals surface area contributed by atoms with Crippen LogP contribution in [0.4, 0.5) is 0 Å². The van der Waals surface area contributed by atoms with Crippen LogP contribution in [0.3, 0.4) is 0 Å². The third kappa shape index (κ3) is 3.77. The van der Waals surface area contributed by atoms with Gasteiger partial charge in [0.25, 0.3) is 10.1 Å². The van der Waals surface area contributed by atoms with E-state index in [2.05, 4.69) is 0 Å². The molecule has 82 valence electrons. The van der Waals surface area contributed by atoms with Gasteiger partial charge in [-0.25, -0.2) is 0 Å². The summed E-state index contributed by atoms with van der Waals surface area (Å²) in [5.41, 5.74) is -1.77. The van der Waals surface area contributed by atoms with Crippen molar-refractivity contribution in [2.24, 2.45) is 5.92 Å². The number of rotatable bonds is 3. The summed E-state index contributed by atoms with van der Waals surface area (Å²) in [6, 6.07) is 0. The Bertz CT molecular complexity index is 288. The molecule has 1 aliphatic rings. The molecule has 0 amide bonds. The molecule has 4 nitrogen and oxygen atoms in total. The van der Waals surface area contributed by atoms with Crippen molar-refractivity contribution >= 4 is 10.1 Å². The second kappa shape index (κ2) is 4.91. The predicted molar refractivity (Wildman–Crippen MR) is 53.3 cm³/mol. The summed E-state index contributed by atoms with van der Waals surface area (Å²) in [5, 5.41) is 8.99. The highest BCUT2D eigenvalue weighted by Gasteiger charge is 2.17. The lowest BCUT2D eigenvalue weighted by Crippen LogP contribution is -2.17. The topological polar surface area (TPSA) is 74.6 Å². The number of aliphatic hydroxyl groups is 1. The Kier molecular flexibility index (Phi) is 4.10. The highest BCUT2D eigenvalue weighted by molar-refractivity contribution is 7.86. The number of hydrogen-bond acceptors (Lipinski definition) is 3. The Morgan fingerprint density at radius 1 is 1.21 bits per heavy atom. The summed E-state index contributed by atoms with van der Waals surface area (Å²) < 4.78 is 29.4. The first kappa shape index (κ1) is 11.7. The van der Waals surface area contributed by atoms with Gasteiger partial charge >= 0.3 is 0 Å². The minimum absolute atomic E-state index is 0.347. The average molecular weight is 220 g/mol. The second-order valence-corrected chi connectivity index (χ2v) is 5.20. The number of allylic oxidation sites excluding steroid dienone is 1. The van der Waals surface area contributed by atoms with E-state index in [0.717, 1.165) is 31.8 Å². The third-order valence-corrected chi connectivity index (χ3v) is 3.27. The Balaban J connectivity index is 2.46. The summed E-state index contributed by atoms with van der Waals surface area (Å²) in [6.45, 7) is 0. The van der Waals surface area contributed by atoms with Gasteiger partial charge in [0.2, 0.25) is 0 Å². The minimum Gasteiger partial charge on any atom is -0.372 e. The maximum Gasteiger partial charge on any atom is 0.295 e. The molecule has 1 rings (SSSR count). The first-order valence-electron chi connectivity index (χ1n) is 4.83. The molecule has 5 heteroatoms. The lowest BCUT2D eigenvalue weighted by molar-refractivity contribution is 0.274. The fraction of sp³-hybridized carbons (Fsp3) is 0.778. The quantitative estimate of drug-likeness (QED) is 0.556. The van der Waals surface area contributed by atoms with Crippen LogP contribution < -0.4 is 0 Å². The van der Waals surface area contributed by atoms with E-state index in [0.29, 0.717) is 5.92 Å². The van der Waals surface area contributed by atoms with Gasteiger partial charge in [0, 0.05) is 0 Å². The molecule has 0 saturated heterocycles. The van der Waals surface area contributed by atoms with Crippen LogP contribution in [-0.4, -0.2) is 23.5 Å². The molecule has 0 radical (unpaired) electrons. The normalized spacial score (nSPS) is 22.7. The molecule has 1 unspecified atom stereocenters. The Hall–Kier alpha value is -0.390. The van der Waals surface area contributed by atoms with Crippen molar-refractivity contribution in [2.45, 2.75) is 37.5 Å². The average Bonchev–Trinajstić information content (AvgIpc) is 2.14. The van der Waals surface area contributed by atoms with Gasteiger partial charge in [0.05, 0.1) is 0 Å². The van der Waals surface area contributed by atoms with Gasteiger partial charge < -0.3 is 5.11 Å². The molecule has 0 aromatic heterocycles. The third-order valence-electron chi connectivity index (χ3n) is 2.50. The van der Waals surface area contributed by atoms with Gasteiger partial charge in [-0.05, 0) is 24.8 Å². The molecule has 0 heterocycles. The zero-order valence-corrected chi connectivity index (χ0v) is 8.78. The fourth-order valence-electron chi connectivity index (χ4n) is 1.68. The van der Waals surface area contributed by atoms with E-state index >= 15 is 0 Å². The van der Waals surface area contributed by atoms with E-state index in [1.165, 1.54) is 6.42 Å². The van der Waals surface area contributed by atoms with Gasteiger partial charge in [0.15, 0.2) is 5.44 Å². The molecule has 14 heavy (non-hydrogen) atoms. The van der Waals surface area contributed by atoms with E-state index in [9.17, 15) is 8.42 Å². The first-order chi connectivity index (χ1) is 6.50. The Labute approximate surface area is 84.4 Å². The maximum atomic E-state index is 10.5. The van der Waals surface area contributed by atoms with Gasteiger partial charge in [-0.15, -0.1) is 0 Å². The van der Waals surface area contributed by atoms with Crippen molar-refractivity contribution < 1.29 is 18.1 Å². The van der Waals surface area contributed by atoms with Crippen LogP contribution in [0, 0.1) is 5.92 Å². The summed E-state index contributed by atoms with van der Waals surface area (Å²) in [7, 11) is -4.33. The van der Waals surface area contributed by atoms with Crippen molar-refractivity contribution in [1.82, 2.24) is 0 Å². The molecule has 0 aliphatic heterocycles. The lowest BCUT2D eigenvalue weighted by Gasteiger charge is -2.17. The Morgan fingerprint density at radius 2 is 1.79 bits per heavy atom. The molecule has 0 spiro atoms. The summed E-state index contributed by atoms with van der Waals surface area (Å²) in [6.07, 6.45) is 8.45. The lowest BCUT2D eigenvalue weighted by atomic mass is 9.89. The number of hydrogen-bond donors (Lipinski definition) is 2. The van der Waals surface area contributed by atoms with E-state index in [1.807, 2.05) is 0 Å². The fourth-order valence-corrected chi connectivity index (χ4v) is 1.97. The van der Waals surface area contributed by atoms with Crippen LogP contribution in [0.1, 0.15) is 32.1 Å². The standard InChI is InChI=1S/C9H16O4S/c10-9(14(11,12)13)7-6-8-4-2-1-3-5-8/h6-10H,1-5H2,(H,11,12,13). The highest BCUT2D eigenvalue weighted by atomic mass is 32.2. The van der Waals surface area contributed by atoms with Gasteiger partial charge in [-0.1, -0.05) is 25.3 Å². The van der Waals surface area contributed by atoms with Gasteiger partial charge in [-0.3, -0.25) is 4.55 Å². The highest BCUT2D eigenvalue weighted by Crippen LogP contribution is 2.24. The molecule has 1 aliphatic carbocycles. The maximum absolute atomic E-state index is 10.5. The van der Waals surface area contributed by atoms with Crippen molar-refractivity contribution in [1.29, 1.82) is 0 Å². The van der Waals surface area contributed by atoms with Crippen LogP contribution in [0.2, 0.25) is 0 Å². The first-order valence-corrected chi connectivity index (χ1v) is 6.33.